The van der Waals surface area contributed by atoms with Crippen LogP contribution in [0.1, 0.15) is 99.2 Å². The molecule has 1 radical (unpaired) electrons. The van der Waals surface area contributed by atoms with Crippen molar-refractivity contribution in [3.63, 3.8) is 0 Å². The van der Waals surface area contributed by atoms with Crippen LogP contribution in [0.25, 0.3) is 72.6 Å². The van der Waals surface area contributed by atoms with Crippen molar-refractivity contribution >= 4 is 33.1 Å². The first-order chi connectivity index (χ1) is 31.9. The largest absolute Gasteiger partial charge is 0.486 e. The number of aromatic nitrogens is 4. The molecule has 4 heterocycles. The molecule has 0 amide bonds. The van der Waals surface area contributed by atoms with E-state index in [4.69, 9.17) is 20.4 Å². The summed E-state index contributed by atoms with van der Waals surface area (Å²) in [5.41, 5.74) is 10.2. The Labute approximate surface area is 383 Å². The second kappa shape index (κ2) is 17.7. The summed E-state index contributed by atoms with van der Waals surface area (Å²) < 4.78 is 84.1. The average Bonchev–Trinajstić information content (AvgIpc) is 3.86. The van der Waals surface area contributed by atoms with E-state index in [1.807, 2.05) is 75.4 Å². The molecular weight excluding hydrogens is 932 g/mol. The van der Waals surface area contributed by atoms with Gasteiger partial charge in [0.05, 0.1) is 22.4 Å². The van der Waals surface area contributed by atoms with Crippen LogP contribution in [0.4, 0.5) is 4.39 Å². The Morgan fingerprint density at radius 1 is 0.803 bits per heavy atom. The van der Waals surface area contributed by atoms with Crippen LogP contribution < -0.4 is 0 Å². The van der Waals surface area contributed by atoms with Crippen molar-refractivity contribution in [2.24, 2.45) is 5.41 Å². The third-order valence-corrected chi connectivity index (χ3v) is 10.3. The van der Waals surface area contributed by atoms with Crippen LogP contribution in [-0.2, 0) is 26.5 Å². The molecule has 311 valence electrons. The van der Waals surface area contributed by atoms with E-state index in [1.54, 1.807) is 18.2 Å². The minimum absolute atomic E-state index is 0. The SMILES string of the molecule is [2H]C([2H])([2H])c1ccc(-c2[c-]cc(F)cc2)nc1.[2H]C([2H])([2H])c1ccc2c(n1)oc1c(-c3nc4ccccc4n3-c3c(C(C)C)cc(-c4ccc(C([2H])([2H])C(C)(C)C)cc4)cc3C(C)C)[c-]ccc12.[Ir]. The van der Waals surface area contributed by atoms with Crippen molar-refractivity contribution in [1.29, 1.82) is 0 Å². The van der Waals surface area contributed by atoms with Gasteiger partial charge in [-0.1, -0.05) is 108 Å². The van der Waals surface area contributed by atoms with E-state index in [2.05, 4.69) is 72.6 Å². The molecule has 0 N–H and O–H groups in total. The monoisotopic (exact) mass is 991 g/mol. The van der Waals surface area contributed by atoms with Crippen molar-refractivity contribution < 1.29 is 39.9 Å². The normalized spacial score (nSPS) is 14.3. The number of rotatable bonds is 7. The molecule has 5 aromatic carbocycles. The number of imidazole rings is 1. The van der Waals surface area contributed by atoms with E-state index >= 15 is 0 Å². The number of aryl methyl sites for hydroxylation is 2. The van der Waals surface area contributed by atoms with Crippen LogP contribution in [0.5, 0.6) is 0 Å². The predicted molar refractivity (Wildman–Crippen MR) is 245 cm³/mol. The van der Waals surface area contributed by atoms with E-state index < -0.39 is 25.5 Å². The number of benzene rings is 5. The van der Waals surface area contributed by atoms with Crippen molar-refractivity contribution in [3.05, 3.63) is 167 Å². The van der Waals surface area contributed by atoms with Crippen LogP contribution >= 0.6 is 0 Å². The summed E-state index contributed by atoms with van der Waals surface area (Å²) in [4.78, 5) is 13.6. The summed E-state index contributed by atoms with van der Waals surface area (Å²) in [5.74, 6) is 0.596. The van der Waals surface area contributed by atoms with Crippen LogP contribution in [0.2, 0.25) is 0 Å². The van der Waals surface area contributed by atoms with E-state index in [0.29, 0.717) is 33.8 Å². The molecule has 0 spiro atoms. The third-order valence-electron chi connectivity index (χ3n) is 10.3. The Bertz CT molecular complexity index is 3250. The zero-order chi connectivity index (χ0) is 49.1. The number of fused-ring (bicyclic) bond motifs is 4. The maximum absolute atomic E-state index is 12.7. The number of hydrogen-bond acceptors (Lipinski definition) is 4. The fourth-order valence-electron chi connectivity index (χ4n) is 7.49. The van der Waals surface area contributed by atoms with Gasteiger partial charge in [0.15, 0.2) is 0 Å². The first-order valence-corrected chi connectivity index (χ1v) is 20.1. The van der Waals surface area contributed by atoms with Crippen molar-refractivity contribution in [1.82, 2.24) is 19.5 Å². The molecule has 0 fully saturated rings. The van der Waals surface area contributed by atoms with Gasteiger partial charge in [0, 0.05) is 59.9 Å². The Balaban J connectivity index is 0.000000329. The summed E-state index contributed by atoms with van der Waals surface area (Å²) in [5, 5.41) is 1.54. The summed E-state index contributed by atoms with van der Waals surface area (Å²) in [6.07, 6.45) is -0.173. The molecule has 61 heavy (non-hydrogen) atoms. The first kappa shape index (κ1) is 33.9. The second-order valence-corrected chi connectivity index (χ2v) is 16.6. The molecule has 0 aliphatic carbocycles. The zero-order valence-electron chi connectivity index (χ0n) is 43.1. The maximum atomic E-state index is 12.7. The molecule has 0 aliphatic heterocycles. The molecule has 0 saturated carbocycles. The van der Waals surface area contributed by atoms with Gasteiger partial charge >= 0.3 is 0 Å². The van der Waals surface area contributed by atoms with Crippen molar-refractivity contribution in [2.45, 2.75) is 80.4 Å². The molecular formula is C54H51FIrN4O-2. The Morgan fingerprint density at radius 2 is 1.56 bits per heavy atom. The van der Waals surface area contributed by atoms with Crippen LogP contribution in [0.3, 0.4) is 0 Å². The summed E-state index contributed by atoms with van der Waals surface area (Å²) in [7, 11) is 0. The molecule has 4 aromatic heterocycles. The number of hydrogen-bond donors (Lipinski definition) is 0. The van der Waals surface area contributed by atoms with Gasteiger partial charge in [-0.15, -0.1) is 48.0 Å². The molecule has 0 aliphatic rings. The number of nitrogens with zero attached hydrogens (tertiary/aromatic N) is 4. The Morgan fingerprint density at radius 3 is 2.20 bits per heavy atom. The Kier molecular flexibility index (Phi) is 9.83. The summed E-state index contributed by atoms with van der Waals surface area (Å²) >= 11 is 0. The van der Waals surface area contributed by atoms with Gasteiger partial charge in [0.25, 0.3) is 0 Å². The molecule has 0 saturated heterocycles. The topological polar surface area (TPSA) is 56.7 Å². The number of pyridine rings is 2. The van der Waals surface area contributed by atoms with Crippen LogP contribution in [-0.4, -0.2) is 19.5 Å². The standard InChI is InChI=1S/C42H42N3O.C12H9FN.Ir/c1-25(2)34-22-30(29-19-17-28(18-20-29)24-42(6,7)8)23-35(26(3)4)38(34)45-37-15-10-9-14-36(37)44-40(45)33-13-11-12-31-32-21-16-27(5)43-41(32)46-39(31)33;1-9-2-7-12(14-8-9)10-3-5-11(13)6-4-10;/h9-12,14-23,25-26H,24H2,1-8H3;2-3,5-8H,1H3;/q2*-1;/i5D3,24D2;1D3;. The minimum atomic E-state index is -2.36. The van der Waals surface area contributed by atoms with Gasteiger partial charge in [-0.05, 0) is 113 Å². The Hall–Kier alpha value is -5.75. The second-order valence-electron chi connectivity index (χ2n) is 16.6. The van der Waals surface area contributed by atoms with Gasteiger partial charge in [-0.25, -0.2) is 4.98 Å². The number of halogens is 1. The predicted octanol–water partition coefficient (Wildman–Crippen LogP) is 14.6. The quantitative estimate of drug-likeness (QED) is 0.149. The van der Waals surface area contributed by atoms with Gasteiger partial charge in [-0.3, -0.25) is 9.37 Å². The fraction of sp³-hybridized carbons (Fsp3) is 0.241. The van der Waals surface area contributed by atoms with Gasteiger partial charge < -0.3 is 14.0 Å². The van der Waals surface area contributed by atoms with Crippen molar-refractivity contribution in [2.75, 3.05) is 0 Å². The molecule has 7 heteroatoms. The van der Waals surface area contributed by atoms with Gasteiger partial charge in [-0.2, -0.15) is 0 Å². The first-order valence-electron chi connectivity index (χ1n) is 24.1. The summed E-state index contributed by atoms with van der Waals surface area (Å²) in [6.45, 7) is 10.1. The molecule has 9 aromatic rings. The van der Waals surface area contributed by atoms with E-state index in [9.17, 15) is 4.39 Å². The van der Waals surface area contributed by atoms with Gasteiger partial charge in [0.2, 0.25) is 5.71 Å². The molecule has 5 nitrogen and oxygen atoms in total. The van der Waals surface area contributed by atoms with E-state index in [1.165, 1.54) is 30.5 Å². The zero-order valence-corrected chi connectivity index (χ0v) is 37.5. The third kappa shape index (κ3) is 9.15. The minimum Gasteiger partial charge on any atom is -0.486 e. The van der Waals surface area contributed by atoms with Crippen LogP contribution in [0, 0.1) is 37.1 Å². The number of para-hydroxylation sites is 2. The maximum Gasteiger partial charge on any atom is 0.216 e. The fourth-order valence-corrected chi connectivity index (χ4v) is 7.49. The summed E-state index contributed by atoms with van der Waals surface area (Å²) in [6, 6.07) is 40.9. The van der Waals surface area contributed by atoms with Gasteiger partial charge in [0.1, 0.15) is 0 Å². The molecule has 9 rings (SSSR count). The molecule has 0 atom stereocenters. The number of furan rings is 1. The molecule has 0 bridgehead atoms. The van der Waals surface area contributed by atoms with Crippen LogP contribution in [0.15, 0.2) is 126 Å². The van der Waals surface area contributed by atoms with E-state index in [0.717, 1.165) is 49.7 Å². The average molecular weight is 991 g/mol. The van der Waals surface area contributed by atoms with Crippen molar-refractivity contribution in [3.8, 4) is 39.5 Å². The molecule has 0 unspecified atom stereocenters. The van der Waals surface area contributed by atoms with E-state index in [-0.39, 0.29) is 54.7 Å². The smallest absolute Gasteiger partial charge is 0.216 e.